The standard InChI is InChI=1S/C11H20ClFO4Si/c1-10(2,3)18(4,5)17-8-7(6-14)16-9(15)11(8,12)13/h7-8,14H,6H2,1-5H3/t7-,8?,11-/m1/s1. The number of esters is 1. The molecule has 0 aromatic rings. The Labute approximate surface area is 113 Å². The van der Waals surface area contributed by atoms with E-state index in [-0.39, 0.29) is 5.04 Å². The summed E-state index contributed by atoms with van der Waals surface area (Å²) in [4.78, 5) is 11.3. The number of aliphatic hydroxyl groups excluding tert-OH is 1. The zero-order valence-corrected chi connectivity index (χ0v) is 13.0. The summed E-state index contributed by atoms with van der Waals surface area (Å²) in [5.41, 5.74) is 0. The van der Waals surface area contributed by atoms with Gasteiger partial charge in [-0.1, -0.05) is 32.4 Å². The van der Waals surface area contributed by atoms with E-state index in [1.165, 1.54) is 0 Å². The van der Waals surface area contributed by atoms with Crippen molar-refractivity contribution in [2.24, 2.45) is 0 Å². The highest BCUT2D eigenvalue weighted by Crippen LogP contribution is 2.43. The van der Waals surface area contributed by atoms with Crippen molar-refractivity contribution < 1.29 is 23.5 Å². The lowest BCUT2D eigenvalue weighted by molar-refractivity contribution is -0.147. The molecular weight excluding hydrogens is 279 g/mol. The molecule has 0 spiro atoms. The van der Waals surface area contributed by atoms with E-state index in [0.29, 0.717) is 0 Å². The van der Waals surface area contributed by atoms with Gasteiger partial charge in [-0.15, -0.1) is 0 Å². The molecular formula is C11H20ClFO4Si. The molecule has 7 heteroatoms. The molecule has 0 amide bonds. The monoisotopic (exact) mass is 298 g/mol. The third-order valence-corrected chi connectivity index (χ3v) is 8.46. The Bertz CT molecular complexity index is 340. The van der Waals surface area contributed by atoms with Gasteiger partial charge in [-0.3, -0.25) is 0 Å². The highest BCUT2D eigenvalue weighted by atomic mass is 35.5. The maximum Gasteiger partial charge on any atom is 0.363 e. The summed E-state index contributed by atoms with van der Waals surface area (Å²) in [5, 5.41) is 6.24. The fraction of sp³-hybridized carbons (Fsp3) is 0.909. The number of rotatable bonds is 3. The molecule has 1 heterocycles. The zero-order valence-electron chi connectivity index (χ0n) is 11.3. The Morgan fingerprint density at radius 3 is 2.44 bits per heavy atom. The average molecular weight is 299 g/mol. The molecule has 0 aliphatic carbocycles. The fourth-order valence-electron chi connectivity index (χ4n) is 1.40. The van der Waals surface area contributed by atoms with Crippen molar-refractivity contribution in [1.29, 1.82) is 0 Å². The first kappa shape index (κ1) is 15.9. The fourth-order valence-corrected chi connectivity index (χ4v) is 3.01. The van der Waals surface area contributed by atoms with Gasteiger partial charge in [0.1, 0.15) is 6.10 Å². The molecule has 4 nitrogen and oxygen atoms in total. The molecule has 0 bridgehead atoms. The van der Waals surface area contributed by atoms with E-state index in [2.05, 4.69) is 0 Å². The molecule has 3 atom stereocenters. The van der Waals surface area contributed by atoms with Gasteiger partial charge in [0.05, 0.1) is 6.61 Å². The van der Waals surface area contributed by atoms with Crippen molar-refractivity contribution in [2.75, 3.05) is 6.61 Å². The summed E-state index contributed by atoms with van der Waals surface area (Å²) in [6.07, 6.45) is -2.31. The SMILES string of the molecule is CC(C)(C)[Si](C)(C)OC1[C@@H](CO)OC(=O)[C@@]1(F)Cl. The predicted molar refractivity (Wildman–Crippen MR) is 68.7 cm³/mol. The Morgan fingerprint density at radius 1 is 1.56 bits per heavy atom. The quantitative estimate of drug-likeness (QED) is 0.493. The van der Waals surface area contributed by atoms with Crippen LogP contribution in [0, 0.1) is 0 Å². The van der Waals surface area contributed by atoms with Crippen LogP contribution in [0.15, 0.2) is 0 Å². The molecule has 1 aliphatic rings. The molecule has 0 saturated carbocycles. The van der Waals surface area contributed by atoms with E-state index in [9.17, 15) is 9.18 Å². The lowest BCUT2D eigenvalue weighted by Gasteiger charge is -2.39. The Balaban J connectivity index is 2.97. The first-order chi connectivity index (χ1) is 7.93. The van der Waals surface area contributed by atoms with Gasteiger partial charge in [-0.05, 0) is 18.1 Å². The van der Waals surface area contributed by atoms with Crippen LogP contribution in [-0.2, 0) is 14.0 Å². The van der Waals surface area contributed by atoms with Gasteiger partial charge in [-0.25, -0.2) is 9.18 Å². The maximum absolute atomic E-state index is 14.1. The maximum atomic E-state index is 14.1. The molecule has 18 heavy (non-hydrogen) atoms. The summed E-state index contributed by atoms with van der Waals surface area (Å²) >= 11 is 5.56. The van der Waals surface area contributed by atoms with Gasteiger partial charge in [0.15, 0.2) is 14.4 Å². The largest absolute Gasteiger partial charge is 0.454 e. The number of cyclic esters (lactones) is 1. The zero-order chi connectivity index (χ0) is 14.4. The summed E-state index contributed by atoms with van der Waals surface area (Å²) < 4.78 is 24.6. The molecule has 106 valence electrons. The van der Waals surface area contributed by atoms with Gasteiger partial charge in [0.2, 0.25) is 0 Å². The minimum absolute atomic E-state index is 0.161. The molecule has 1 aliphatic heterocycles. The molecule has 1 unspecified atom stereocenters. The van der Waals surface area contributed by atoms with Gasteiger partial charge >= 0.3 is 11.1 Å². The van der Waals surface area contributed by atoms with Crippen molar-refractivity contribution in [3.63, 3.8) is 0 Å². The van der Waals surface area contributed by atoms with Crippen LogP contribution >= 0.6 is 11.6 Å². The first-order valence-corrected chi connectivity index (χ1v) is 9.09. The molecule has 1 fully saturated rings. The first-order valence-electron chi connectivity index (χ1n) is 5.81. The van der Waals surface area contributed by atoms with Crippen molar-refractivity contribution in [3.8, 4) is 0 Å². The lowest BCUT2D eigenvalue weighted by atomic mass is 10.2. The Kier molecular flexibility index (Phi) is 4.18. The summed E-state index contributed by atoms with van der Waals surface area (Å²) in [6, 6.07) is 0. The minimum atomic E-state index is -2.72. The number of hydrogen-bond donors (Lipinski definition) is 1. The molecule has 0 aromatic heterocycles. The van der Waals surface area contributed by atoms with Gasteiger partial charge in [-0.2, -0.15) is 0 Å². The smallest absolute Gasteiger partial charge is 0.363 e. The number of halogens is 2. The summed E-state index contributed by atoms with van der Waals surface area (Å²) in [5.74, 6) is -1.19. The van der Waals surface area contributed by atoms with E-state index in [4.69, 9.17) is 25.9 Å². The average Bonchev–Trinajstić information content (AvgIpc) is 2.39. The predicted octanol–water partition coefficient (Wildman–Crippen LogP) is 2.20. The van der Waals surface area contributed by atoms with Crippen LogP contribution in [0.4, 0.5) is 4.39 Å². The topological polar surface area (TPSA) is 55.8 Å². The molecule has 0 radical (unpaired) electrons. The van der Waals surface area contributed by atoms with Crippen LogP contribution in [0.5, 0.6) is 0 Å². The number of aliphatic hydroxyl groups is 1. The molecule has 0 aromatic carbocycles. The van der Waals surface area contributed by atoms with E-state index >= 15 is 0 Å². The van der Waals surface area contributed by atoms with Crippen LogP contribution < -0.4 is 0 Å². The highest BCUT2D eigenvalue weighted by Gasteiger charge is 2.60. The second-order valence-corrected chi connectivity index (χ2v) is 11.4. The minimum Gasteiger partial charge on any atom is -0.454 e. The molecule has 1 saturated heterocycles. The van der Waals surface area contributed by atoms with Gasteiger partial charge < -0.3 is 14.3 Å². The highest BCUT2D eigenvalue weighted by molar-refractivity contribution is 6.74. The van der Waals surface area contributed by atoms with E-state index in [0.717, 1.165) is 0 Å². The Morgan fingerprint density at radius 2 is 2.06 bits per heavy atom. The summed E-state index contributed by atoms with van der Waals surface area (Å²) in [7, 11) is -2.31. The van der Waals surface area contributed by atoms with Crippen LogP contribution in [0.3, 0.4) is 0 Å². The molecule has 1 N–H and O–H groups in total. The number of ether oxygens (including phenoxy) is 1. The van der Waals surface area contributed by atoms with Crippen LogP contribution in [-0.4, -0.2) is 43.3 Å². The number of carbonyl (C=O) groups is 1. The lowest BCUT2D eigenvalue weighted by Crippen LogP contribution is -2.51. The van der Waals surface area contributed by atoms with Crippen molar-refractivity contribution in [2.45, 2.75) is 56.2 Å². The normalized spacial score (nSPS) is 33.7. The van der Waals surface area contributed by atoms with E-state index in [1.54, 1.807) is 0 Å². The number of carbonyl (C=O) groups excluding carboxylic acids is 1. The Hall–Kier alpha value is -0.173. The second kappa shape index (κ2) is 4.74. The third kappa shape index (κ3) is 2.71. The van der Waals surface area contributed by atoms with Crippen molar-refractivity contribution >= 4 is 25.9 Å². The molecule has 1 rings (SSSR count). The summed E-state index contributed by atoms with van der Waals surface area (Å²) in [6.45, 7) is 9.27. The van der Waals surface area contributed by atoms with Crippen LogP contribution in [0.1, 0.15) is 20.8 Å². The number of hydrogen-bond acceptors (Lipinski definition) is 4. The van der Waals surface area contributed by atoms with Crippen molar-refractivity contribution in [3.05, 3.63) is 0 Å². The van der Waals surface area contributed by atoms with Crippen molar-refractivity contribution in [1.82, 2.24) is 0 Å². The van der Waals surface area contributed by atoms with Gasteiger partial charge in [0.25, 0.3) is 0 Å². The van der Waals surface area contributed by atoms with Crippen LogP contribution in [0.2, 0.25) is 18.1 Å². The van der Waals surface area contributed by atoms with E-state index < -0.39 is 38.2 Å². The van der Waals surface area contributed by atoms with Crippen LogP contribution in [0.25, 0.3) is 0 Å². The van der Waals surface area contributed by atoms with Gasteiger partial charge in [0, 0.05) is 0 Å². The van der Waals surface area contributed by atoms with E-state index in [1.807, 2.05) is 33.9 Å². The second-order valence-electron chi connectivity index (χ2n) is 6.05. The third-order valence-electron chi connectivity index (χ3n) is 3.63. The number of alkyl halides is 2.